The van der Waals surface area contributed by atoms with Crippen LogP contribution in [0.3, 0.4) is 0 Å². The Hall–Kier alpha value is -1.68. The van der Waals surface area contributed by atoms with Crippen molar-refractivity contribution in [1.82, 2.24) is 9.71 Å². The minimum Gasteiger partial charge on any atom is -0.324 e. The van der Waals surface area contributed by atoms with Gasteiger partial charge in [0.2, 0.25) is 10.0 Å². The van der Waals surface area contributed by atoms with Crippen LogP contribution in [0.2, 0.25) is 5.15 Å². The van der Waals surface area contributed by atoms with Crippen molar-refractivity contribution in [1.29, 1.82) is 0 Å². The maximum Gasteiger partial charge on any atom is 0.241 e. The summed E-state index contributed by atoms with van der Waals surface area (Å²) in [6.07, 6.45) is 1.96. The molecule has 0 unspecified atom stereocenters. The number of halogens is 2. The van der Waals surface area contributed by atoms with Gasteiger partial charge >= 0.3 is 0 Å². The average Bonchev–Trinajstić information content (AvgIpc) is 2.88. The van der Waals surface area contributed by atoms with Gasteiger partial charge in [-0.3, -0.25) is 0 Å². The van der Waals surface area contributed by atoms with Crippen LogP contribution < -0.4 is 16.0 Å². The molecule has 0 amide bonds. The standard InChI is InChI=1S/C16H19ClFN5O2S/c1-16(2,18)7-22-26(24,25)13-3-9-11(19)5-12(23-20)15(9)10-6-21-14(17)4-8(10)13/h3-4,6,11-12,20,22H,5,7,19H2,1-2H3/p+1/t11-,12+/m1/s1. The Morgan fingerprint density at radius 2 is 2.15 bits per heavy atom. The molecule has 2 atom stereocenters. The van der Waals surface area contributed by atoms with Crippen LogP contribution in [-0.4, -0.2) is 25.6 Å². The van der Waals surface area contributed by atoms with Gasteiger partial charge in [0.05, 0.1) is 4.90 Å². The molecule has 140 valence electrons. The first kappa shape index (κ1) is 19.1. The fourth-order valence-electron chi connectivity index (χ4n) is 3.17. The second-order valence-corrected chi connectivity index (χ2v) is 9.10. The molecular formula is C16H20ClFN5O2S+. The smallest absolute Gasteiger partial charge is 0.241 e. The van der Waals surface area contributed by atoms with Gasteiger partial charge in [0, 0.05) is 29.6 Å². The molecule has 10 heteroatoms. The number of benzene rings is 1. The third-order valence-corrected chi connectivity index (χ3v) is 6.03. The molecule has 0 radical (unpaired) electrons. The number of alkyl halides is 1. The summed E-state index contributed by atoms with van der Waals surface area (Å²) in [5.74, 6) is 0. The molecule has 1 aliphatic rings. The van der Waals surface area contributed by atoms with Gasteiger partial charge in [-0.15, -0.1) is 0 Å². The summed E-state index contributed by atoms with van der Waals surface area (Å²) in [6.45, 7) is 2.22. The van der Waals surface area contributed by atoms with Gasteiger partial charge in [0.15, 0.2) is 0 Å². The number of nitrogens with two attached hydrogens (primary N) is 2. The SMILES string of the molecule is CC(C)(F)CNS(=O)(=O)c1cc2c(c3cnc(Cl)cc13)[C@@H](N=[NH2+])C[C@H]2N. The van der Waals surface area contributed by atoms with Gasteiger partial charge < -0.3 is 5.73 Å². The normalized spacial score (nSPS) is 20.3. The van der Waals surface area contributed by atoms with Crippen molar-refractivity contribution in [3.05, 3.63) is 34.6 Å². The van der Waals surface area contributed by atoms with Crippen molar-refractivity contribution in [3.8, 4) is 0 Å². The van der Waals surface area contributed by atoms with Crippen molar-refractivity contribution >= 4 is 32.4 Å². The molecule has 1 aliphatic carbocycles. The van der Waals surface area contributed by atoms with E-state index < -0.39 is 21.7 Å². The molecule has 0 saturated heterocycles. The van der Waals surface area contributed by atoms with E-state index in [1.54, 1.807) is 0 Å². The lowest BCUT2D eigenvalue weighted by molar-refractivity contribution is -0.229. The highest BCUT2D eigenvalue weighted by Crippen LogP contribution is 2.45. The zero-order chi connectivity index (χ0) is 19.3. The molecule has 26 heavy (non-hydrogen) atoms. The summed E-state index contributed by atoms with van der Waals surface area (Å²) < 4.78 is 41.8. The lowest BCUT2D eigenvalue weighted by Crippen LogP contribution is -2.35. The van der Waals surface area contributed by atoms with E-state index in [1.165, 1.54) is 32.2 Å². The number of nitrogens with one attached hydrogen (secondary N) is 1. The monoisotopic (exact) mass is 400 g/mol. The Balaban J connectivity index is 2.26. The van der Waals surface area contributed by atoms with Crippen molar-refractivity contribution in [2.75, 3.05) is 6.54 Å². The summed E-state index contributed by atoms with van der Waals surface area (Å²) in [5.41, 5.74) is 11.4. The van der Waals surface area contributed by atoms with Crippen molar-refractivity contribution in [2.24, 2.45) is 10.8 Å². The first-order chi connectivity index (χ1) is 12.0. The quantitative estimate of drug-likeness (QED) is 0.520. The lowest BCUT2D eigenvalue weighted by atomic mass is 10.0. The first-order valence-electron chi connectivity index (χ1n) is 8.00. The van der Waals surface area contributed by atoms with Crippen LogP contribution in [-0.2, 0) is 10.0 Å². The molecule has 1 heterocycles. The van der Waals surface area contributed by atoms with Crippen LogP contribution in [0.15, 0.2) is 28.3 Å². The molecule has 5 N–H and O–H groups in total. The Morgan fingerprint density at radius 3 is 2.77 bits per heavy atom. The number of fused-ring (bicyclic) bond motifs is 3. The van der Waals surface area contributed by atoms with Gasteiger partial charge in [0.25, 0.3) is 0 Å². The second-order valence-electron chi connectivity index (χ2n) is 6.98. The fraction of sp³-hybridized carbons (Fsp3) is 0.438. The molecule has 3 rings (SSSR count). The van der Waals surface area contributed by atoms with Gasteiger partial charge in [-0.05, 0) is 48.6 Å². The molecule has 0 spiro atoms. The van der Waals surface area contributed by atoms with E-state index in [-0.39, 0.29) is 22.6 Å². The van der Waals surface area contributed by atoms with Gasteiger partial charge in [-0.1, -0.05) is 11.6 Å². The molecule has 0 aliphatic heterocycles. The summed E-state index contributed by atoms with van der Waals surface area (Å²) in [4.78, 5) is 4.03. The number of aromatic nitrogens is 1. The van der Waals surface area contributed by atoms with Crippen LogP contribution in [0.1, 0.15) is 43.5 Å². The van der Waals surface area contributed by atoms with Crippen molar-refractivity contribution < 1.29 is 18.3 Å². The van der Waals surface area contributed by atoms with E-state index in [9.17, 15) is 12.8 Å². The maximum atomic E-state index is 13.8. The summed E-state index contributed by atoms with van der Waals surface area (Å²) in [5, 5.41) is 4.94. The van der Waals surface area contributed by atoms with Gasteiger partial charge in [-0.2, -0.15) is 5.53 Å². The van der Waals surface area contributed by atoms with Crippen LogP contribution in [0.4, 0.5) is 4.39 Å². The zero-order valence-electron chi connectivity index (χ0n) is 14.3. The molecule has 0 saturated carbocycles. The minimum atomic E-state index is -4.00. The highest BCUT2D eigenvalue weighted by atomic mass is 35.5. The van der Waals surface area contributed by atoms with Gasteiger partial charge in [0.1, 0.15) is 16.9 Å². The molecular weight excluding hydrogens is 381 g/mol. The van der Waals surface area contributed by atoms with Crippen molar-refractivity contribution in [2.45, 2.75) is 42.9 Å². The third kappa shape index (κ3) is 3.44. The molecule has 0 bridgehead atoms. The van der Waals surface area contributed by atoms with Gasteiger partial charge in [-0.25, -0.2) is 22.5 Å². The maximum absolute atomic E-state index is 13.8. The summed E-state index contributed by atoms with van der Waals surface area (Å²) in [6, 6.07) is 2.20. The predicted octanol–water partition coefficient (Wildman–Crippen LogP) is 1.57. The van der Waals surface area contributed by atoms with Crippen LogP contribution >= 0.6 is 11.6 Å². The average molecular weight is 401 g/mol. The topological polar surface area (TPSA) is 123 Å². The molecule has 0 fully saturated rings. The second kappa shape index (κ2) is 6.49. The highest BCUT2D eigenvalue weighted by molar-refractivity contribution is 7.89. The first-order valence-corrected chi connectivity index (χ1v) is 9.86. The Bertz CT molecular complexity index is 990. The largest absolute Gasteiger partial charge is 0.324 e. The lowest BCUT2D eigenvalue weighted by Gasteiger charge is -2.18. The summed E-state index contributed by atoms with van der Waals surface area (Å²) in [7, 11) is -4.00. The Morgan fingerprint density at radius 1 is 1.46 bits per heavy atom. The third-order valence-electron chi connectivity index (χ3n) is 4.39. The Kier molecular flexibility index (Phi) is 4.76. The van der Waals surface area contributed by atoms with Crippen LogP contribution in [0.25, 0.3) is 10.8 Å². The van der Waals surface area contributed by atoms with E-state index in [4.69, 9.17) is 22.9 Å². The van der Waals surface area contributed by atoms with E-state index >= 15 is 0 Å². The molecule has 2 aromatic rings. The molecule has 1 aromatic carbocycles. The highest BCUT2D eigenvalue weighted by Gasteiger charge is 2.35. The number of nitrogens with zero attached hydrogens (tertiary/aromatic N) is 2. The number of hydrogen-bond donors (Lipinski definition) is 3. The molecule has 1 aromatic heterocycles. The van der Waals surface area contributed by atoms with E-state index in [0.29, 0.717) is 22.8 Å². The summed E-state index contributed by atoms with van der Waals surface area (Å²) >= 11 is 5.98. The van der Waals surface area contributed by atoms with E-state index in [1.807, 2.05) is 0 Å². The van der Waals surface area contributed by atoms with Crippen molar-refractivity contribution in [3.63, 3.8) is 0 Å². The zero-order valence-corrected chi connectivity index (χ0v) is 15.9. The number of pyridine rings is 1. The van der Waals surface area contributed by atoms with Crippen LogP contribution in [0, 0.1) is 0 Å². The fourth-order valence-corrected chi connectivity index (χ4v) is 4.75. The number of rotatable bonds is 5. The van der Waals surface area contributed by atoms with Crippen LogP contribution in [0.5, 0.6) is 0 Å². The Labute approximate surface area is 155 Å². The predicted molar refractivity (Wildman–Crippen MR) is 95.8 cm³/mol. The minimum absolute atomic E-state index is 0.0204. The molecule has 7 nitrogen and oxygen atoms in total. The number of hydrogen-bond acceptors (Lipinski definition) is 5. The van der Waals surface area contributed by atoms with E-state index in [2.05, 4.69) is 14.8 Å². The number of sulfonamides is 1. The van der Waals surface area contributed by atoms with E-state index in [0.717, 1.165) is 5.56 Å².